The lowest BCUT2D eigenvalue weighted by Crippen LogP contribution is -2.39. The fourth-order valence-electron chi connectivity index (χ4n) is 2.17. The topological polar surface area (TPSA) is 77.4 Å². The molecule has 6 heteroatoms. The van der Waals surface area contributed by atoms with Crippen molar-refractivity contribution in [3.63, 3.8) is 0 Å². The normalized spacial score (nSPS) is 24.3. The van der Waals surface area contributed by atoms with Gasteiger partial charge in [0.1, 0.15) is 6.10 Å². The van der Waals surface area contributed by atoms with E-state index in [9.17, 15) is 0 Å². The first-order valence-corrected chi connectivity index (χ1v) is 7.04. The molecular weight excluding hydrogens is 244 g/mol. The van der Waals surface area contributed by atoms with Gasteiger partial charge in [-0.05, 0) is 19.9 Å². The Morgan fingerprint density at radius 3 is 2.95 bits per heavy atom. The van der Waals surface area contributed by atoms with E-state index >= 15 is 0 Å². The molecule has 3 unspecified atom stereocenters. The first-order valence-electron chi connectivity index (χ1n) is 7.04. The molecule has 1 aliphatic heterocycles. The molecule has 0 amide bonds. The van der Waals surface area contributed by atoms with Gasteiger partial charge in [0, 0.05) is 19.1 Å². The Balaban J connectivity index is 2.01. The summed E-state index contributed by atoms with van der Waals surface area (Å²) in [7, 11) is 0. The molecule has 108 valence electrons. The lowest BCUT2D eigenvalue weighted by molar-refractivity contribution is -0.0350. The van der Waals surface area contributed by atoms with Crippen LogP contribution in [0.2, 0.25) is 0 Å². The molecule has 1 fully saturated rings. The molecule has 2 heterocycles. The Hall–Kier alpha value is -0.980. The standard InChI is InChI=1S/C13H24N4O2/c1-4-5-17-6-7-18-11(8-17)12-15-13(19-16-12)9(2)10(3)14/h9-11H,4-8,14H2,1-3H3. The summed E-state index contributed by atoms with van der Waals surface area (Å²) in [6, 6.07) is -0.00263. The van der Waals surface area contributed by atoms with Gasteiger partial charge in [0.15, 0.2) is 0 Å². The fraction of sp³-hybridized carbons (Fsp3) is 0.846. The Bertz CT molecular complexity index is 392. The minimum Gasteiger partial charge on any atom is -0.367 e. The Labute approximate surface area is 114 Å². The molecule has 0 bridgehead atoms. The van der Waals surface area contributed by atoms with Gasteiger partial charge in [0.2, 0.25) is 11.7 Å². The van der Waals surface area contributed by atoms with Gasteiger partial charge in [0.05, 0.1) is 12.5 Å². The van der Waals surface area contributed by atoms with E-state index in [2.05, 4.69) is 22.0 Å². The first-order chi connectivity index (χ1) is 9.11. The number of rotatable bonds is 5. The van der Waals surface area contributed by atoms with Crippen molar-refractivity contribution in [3.05, 3.63) is 11.7 Å². The highest BCUT2D eigenvalue weighted by molar-refractivity contribution is 4.99. The highest BCUT2D eigenvalue weighted by Gasteiger charge is 2.27. The molecule has 0 spiro atoms. The zero-order valence-electron chi connectivity index (χ0n) is 12.0. The van der Waals surface area contributed by atoms with Crippen molar-refractivity contribution in [1.82, 2.24) is 15.0 Å². The van der Waals surface area contributed by atoms with Crippen LogP contribution in [0.5, 0.6) is 0 Å². The zero-order chi connectivity index (χ0) is 13.8. The maximum Gasteiger partial charge on any atom is 0.231 e. The van der Waals surface area contributed by atoms with Crippen LogP contribution in [0.25, 0.3) is 0 Å². The van der Waals surface area contributed by atoms with Gasteiger partial charge in [-0.25, -0.2) is 0 Å². The summed E-state index contributed by atoms with van der Waals surface area (Å²) in [4.78, 5) is 6.81. The predicted octanol–water partition coefficient (Wildman–Crippen LogP) is 1.30. The van der Waals surface area contributed by atoms with Crippen LogP contribution in [0, 0.1) is 0 Å². The van der Waals surface area contributed by atoms with E-state index in [4.69, 9.17) is 15.0 Å². The molecule has 1 aromatic heterocycles. The van der Waals surface area contributed by atoms with Crippen LogP contribution in [0.1, 0.15) is 50.9 Å². The van der Waals surface area contributed by atoms with Crippen molar-refractivity contribution >= 4 is 0 Å². The van der Waals surface area contributed by atoms with Crippen LogP contribution in [-0.4, -0.2) is 47.3 Å². The van der Waals surface area contributed by atoms with E-state index in [1.807, 2.05) is 13.8 Å². The van der Waals surface area contributed by atoms with Crippen molar-refractivity contribution < 1.29 is 9.26 Å². The van der Waals surface area contributed by atoms with E-state index in [0.717, 1.165) is 32.7 Å². The Kier molecular flexibility index (Phi) is 4.90. The number of hydrogen-bond donors (Lipinski definition) is 1. The molecule has 0 saturated carbocycles. The molecule has 19 heavy (non-hydrogen) atoms. The second kappa shape index (κ2) is 6.45. The van der Waals surface area contributed by atoms with E-state index in [0.29, 0.717) is 11.7 Å². The largest absolute Gasteiger partial charge is 0.367 e. The molecule has 2 N–H and O–H groups in total. The summed E-state index contributed by atoms with van der Waals surface area (Å²) < 4.78 is 11.0. The van der Waals surface area contributed by atoms with Crippen molar-refractivity contribution in [2.24, 2.45) is 5.73 Å². The monoisotopic (exact) mass is 268 g/mol. The highest BCUT2D eigenvalue weighted by Crippen LogP contribution is 2.23. The second-order valence-corrected chi connectivity index (χ2v) is 5.30. The molecule has 3 atom stereocenters. The predicted molar refractivity (Wildman–Crippen MR) is 71.8 cm³/mol. The summed E-state index contributed by atoms with van der Waals surface area (Å²) in [5.41, 5.74) is 5.85. The van der Waals surface area contributed by atoms with Gasteiger partial charge >= 0.3 is 0 Å². The summed E-state index contributed by atoms with van der Waals surface area (Å²) in [6.07, 6.45) is 1.06. The van der Waals surface area contributed by atoms with Gasteiger partial charge in [-0.2, -0.15) is 4.98 Å². The number of aromatic nitrogens is 2. The SMILES string of the molecule is CCCN1CCOC(c2noc(C(C)C(C)N)n2)C1. The molecule has 1 aromatic rings. The van der Waals surface area contributed by atoms with Crippen LogP contribution in [-0.2, 0) is 4.74 Å². The Morgan fingerprint density at radius 2 is 2.26 bits per heavy atom. The van der Waals surface area contributed by atoms with E-state index < -0.39 is 0 Å². The number of hydrogen-bond acceptors (Lipinski definition) is 6. The van der Waals surface area contributed by atoms with Crippen LogP contribution in [0.15, 0.2) is 4.52 Å². The van der Waals surface area contributed by atoms with E-state index in [1.165, 1.54) is 0 Å². The van der Waals surface area contributed by atoms with Gasteiger partial charge in [-0.15, -0.1) is 0 Å². The van der Waals surface area contributed by atoms with Gasteiger partial charge in [-0.3, -0.25) is 4.90 Å². The number of nitrogens with two attached hydrogens (primary N) is 1. The quantitative estimate of drug-likeness (QED) is 0.867. The molecule has 1 aliphatic rings. The molecule has 0 aliphatic carbocycles. The molecule has 6 nitrogen and oxygen atoms in total. The smallest absolute Gasteiger partial charge is 0.231 e. The lowest BCUT2D eigenvalue weighted by atomic mass is 10.1. The first kappa shape index (κ1) is 14.4. The zero-order valence-corrected chi connectivity index (χ0v) is 12.0. The molecule has 2 rings (SSSR count). The van der Waals surface area contributed by atoms with Gasteiger partial charge < -0.3 is 15.0 Å². The van der Waals surface area contributed by atoms with Crippen LogP contribution in [0.3, 0.4) is 0 Å². The van der Waals surface area contributed by atoms with E-state index in [-0.39, 0.29) is 18.1 Å². The average Bonchev–Trinajstić information content (AvgIpc) is 2.88. The molecule has 0 aromatic carbocycles. The number of ether oxygens (including phenoxy) is 1. The third-order valence-electron chi connectivity index (χ3n) is 3.61. The van der Waals surface area contributed by atoms with Crippen LogP contribution < -0.4 is 5.73 Å². The third kappa shape index (κ3) is 3.52. The number of nitrogens with zero attached hydrogens (tertiary/aromatic N) is 3. The minimum absolute atomic E-state index is 0.00263. The molecule has 0 radical (unpaired) electrons. The van der Waals surface area contributed by atoms with E-state index in [1.54, 1.807) is 0 Å². The highest BCUT2D eigenvalue weighted by atomic mass is 16.5. The second-order valence-electron chi connectivity index (χ2n) is 5.30. The minimum atomic E-state index is -0.0851. The van der Waals surface area contributed by atoms with Crippen molar-refractivity contribution in [3.8, 4) is 0 Å². The fourth-order valence-corrected chi connectivity index (χ4v) is 2.17. The maximum atomic E-state index is 5.85. The van der Waals surface area contributed by atoms with Crippen molar-refractivity contribution in [1.29, 1.82) is 0 Å². The third-order valence-corrected chi connectivity index (χ3v) is 3.61. The van der Waals surface area contributed by atoms with Gasteiger partial charge in [-0.1, -0.05) is 19.0 Å². The number of morpholine rings is 1. The van der Waals surface area contributed by atoms with Crippen LogP contribution >= 0.6 is 0 Å². The summed E-state index contributed by atoms with van der Waals surface area (Å²) in [6.45, 7) is 9.73. The lowest BCUT2D eigenvalue weighted by Gasteiger charge is -2.30. The van der Waals surface area contributed by atoms with Crippen molar-refractivity contribution in [2.45, 2.75) is 45.3 Å². The summed E-state index contributed by atoms with van der Waals surface area (Å²) in [5, 5.41) is 4.04. The molecular formula is C13H24N4O2. The maximum absolute atomic E-state index is 5.85. The van der Waals surface area contributed by atoms with Crippen LogP contribution in [0.4, 0.5) is 0 Å². The average molecular weight is 268 g/mol. The molecule has 1 saturated heterocycles. The van der Waals surface area contributed by atoms with Crippen molar-refractivity contribution in [2.75, 3.05) is 26.2 Å². The summed E-state index contributed by atoms with van der Waals surface area (Å²) in [5.74, 6) is 1.31. The van der Waals surface area contributed by atoms with Gasteiger partial charge in [0.25, 0.3) is 0 Å². The summed E-state index contributed by atoms with van der Waals surface area (Å²) >= 11 is 0. The Morgan fingerprint density at radius 1 is 1.47 bits per heavy atom.